The molecule has 0 aliphatic rings. The number of fused-ring (bicyclic) bond motifs is 2. The van der Waals surface area contributed by atoms with E-state index in [0.717, 1.165) is 16.5 Å². The molecule has 0 fully saturated rings. The second-order valence-corrected chi connectivity index (χ2v) is 7.11. The van der Waals surface area contributed by atoms with E-state index < -0.39 is 5.82 Å². The van der Waals surface area contributed by atoms with Crippen molar-refractivity contribution >= 4 is 27.6 Å². The van der Waals surface area contributed by atoms with E-state index in [4.69, 9.17) is 15.1 Å². The molecule has 6 aromatic rings. The van der Waals surface area contributed by atoms with Gasteiger partial charge in [0.15, 0.2) is 5.82 Å². The van der Waals surface area contributed by atoms with E-state index in [0.29, 0.717) is 45.1 Å². The Morgan fingerprint density at radius 2 is 1.94 bits per heavy atom. The Morgan fingerprint density at radius 3 is 2.77 bits per heavy atom. The lowest BCUT2D eigenvalue weighted by molar-refractivity contribution is 0.568. The maximum Gasteiger partial charge on any atom is 0.159 e. The number of anilines is 1. The fraction of sp³-hybridized carbons (Fsp3) is 0. The van der Waals surface area contributed by atoms with Crippen LogP contribution in [0.5, 0.6) is 0 Å². The van der Waals surface area contributed by atoms with Crippen molar-refractivity contribution in [2.45, 2.75) is 0 Å². The van der Waals surface area contributed by atoms with Gasteiger partial charge in [-0.1, -0.05) is 0 Å². The highest BCUT2D eigenvalue weighted by molar-refractivity contribution is 5.97. The van der Waals surface area contributed by atoms with Crippen LogP contribution in [0.15, 0.2) is 65.9 Å². The zero-order chi connectivity index (χ0) is 20.9. The van der Waals surface area contributed by atoms with Crippen molar-refractivity contribution in [3.05, 3.63) is 67.3 Å². The molecule has 8 nitrogen and oxygen atoms in total. The molecule has 0 unspecified atom stereocenters. The molecule has 0 saturated heterocycles. The fourth-order valence-electron chi connectivity index (χ4n) is 3.70. The number of aromatic amines is 2. The number of aromatic nitrogens is 6. The SMILES string of the molecule is Nc1cncc(-c2cc3c(-c4nc5c(-c6ccoc6)nccc5[nH]4)n[nH]c3cc2F)c1. The highest BCUT2D eigenvalue weighted by atomic mass is 19.1. The maximum atomic E-state index is 14.8. The van der Waals surface area contributed by atoms with Crippen molar-refractivity contribution in [3.63, 3.8) is 0 Å². The molecule has 4 N–H and O–H groups in total. The average molecular weight is 411 g/mol. The number of rotatable bonds is 3. The van der Waals surface area contributed by atoms with Gasteiger partial charge in [0.25, 0.3) is 0 Å². The van der Waals surface area contributed by atoms with Crippen LogP contribution in [0.3, 0.4) is 0 Å². The molecule has 5 heterocycles. The Balaban J connectivity index is 1.54. The minimum absolute atomic E-state index is 0.381. The Morgan fingerprint density at radius 1 is 1.00 bits per heavy atom. The number of pyridine rings is 2. The second kappa shape index (κ2) is 6.49. The number of hydrogen-bond acceptors (Lipinski definition) is 6. The third-order valence-electron chi connectivity index (χ3n) is 5.14. The molecule has 1 aromatic carbocycles. The summed E-state index contributed by atoms with van der Waals surface area (Å²) in [5.41, 5.74) is 11.4. The summed E-state index contributed by atoms with van der Waals surface area (Å²) >= 11 is 0. The number of furan rings is 1. The molecule has 9 heteroatoms. The summed E-state index contributed by atoms with van der Waals surface area (Å²) in [6.45, 7) is 0. The van der Waals surface area contributed by atoms with Gasteiger partial charge in [-0.2, -0.15) is 5.10 Å². The molecular weight excluding hydrogens is 397 g/mol. The zero-order valence-corrected chi connectivity index (χ0v) is 15.9. The number of nitrogen functional groups attached to an aromatic ring is 1. The first-order chi connectivity index (χ1) is 15.2. The third-order valence-corrected chi connectivity index (χ3v) is 5.14. The Bertz CT molecular complexity index is 1570. The molecule has 0 spiro atoms. The molecule has 0 radical (unpaired) electrons. The van der Waals surface area contributed by atoms with E-state index in [1.807, 2.05) is 12.1 Å². The van der Waals surface area contributed by atoms with Crippen LogP contribution in [0.4, 0.5) is 10.1 Å². The summed E-state index contributed by atoms with van der Waals surface area (Å²) in [5, 5.41) is 7.98. The maximum absolute atomic E-state index is 14.8. The highest BCUT2D eigenvalue weighted by Gasteiger charge is 2.18. The van der Waals surface area contributed by atoms with Crippen molar-refractivity contribution < 1.29 is 8.81 Å². The van der Waals surface area contributed by atoms with Crippen molar-refractivity contribution in [1.29, 1.82) is 0 Å². The lowest BCUT2D eigenvalue weighted by atomic mass is 10.0. The summed E-state index contributed by atoms with van der Waals surface area (Å²) in [7, 11) is 0. The molecule has 0 saturated carbocycles. The topological polar surface area (TPSA) is 122 Å². The van der Waals surface area contributed by atoms with Crippen LogP contribution in [-0.4, -0.2) is 30.1 Å². The largest absolute Gasteiger partial charge is 0.472 e. The van der Waals surface area contributed by atoms with E-state index in [2.05, 4.69) is 25.1 Å². The number of hydrogen-bond donors (Lipinski definition) is 3. The van der Waals surface area contributed by atoms with Crippen LogP contribution in [0.2, 0.25) is 0 Å². The molecule has 0 aliphatic carbocycles. The first kappa shape index (κ1) is 17.3. The van der Waals surface area contributed by atoms with Gasteiger partial charge in [0, 0.05) is 46.7 Å². The molecule has 6 rings (SSSR count). The summed E-state index contributed by atoms with van der Waals surface area (Å²) < 4.78 is 20.0. The van der Waals surface area contributed by atoms with E-state index in [1.165, 1.54) is 12.3 Å². The molecule has 150 valence electrons. The van der Waals surface area contributed by atoms with Gasteiger partial charge >= 0.3 is 0 Å². The first-order valence-corrected chi connectivity index (χ1v) is 9.43. The van der Waals surface area contributed by atoms with Crippen LogP contribution in [0, 0.1) is 5.82 Å². The number of imidazole rings is 1. The Kier molecular flexibility index (Phi) is 3.63. The predicted molar refractivity (Wildman–Crippen MR) is 114 cm³/mol. The van der Waals surface area contributed by atoms with Crippen molar-refractivity contribution in [1.82, 2.24) is 30.1 Å². The van der Waals surface area contributed by atoms with Gasteiger partial charge < -0.3 is 15.1 Å². The molecule has 0 atom stereocenters. The molecule has 0 aliphatic heterocycles. The van der Waals surface area contributed by atoms with Crippen LogP contribution >= 0.6 is 0 Å². The van der Waals surface area contributed by atoms with Crippen molar-refractivity contribution in [2.24, 2.45) is 0 Å². The lowest BCUT2D eigenvalue weighted by Crippen LogP contribution is -1.90. The van der Waals surface area contributed by atoms with Crippen molar-refractivity contribution in [3.8, 4) is 33.9 Å². The van der Waals surface area contributed by atoms with Gasteiger partial charge in [-0.3, -0.25) is 15.1 Å². The standard InChI is InChI=1S/C22H14FN7O/c23-16-7-18-15(6-14(16)12-5-13(24)9-25-8-12)20(30-29-18)22-27-17-1-3-26-19(21(17)28-22)11-2-4-31-10-11/h1-10H,24H2,(H,27,28)(H,29,30). The number of halogens is 1. The van der Waals surface area contributed by atoms with Crippen LogP contribution < -0.4 is 5.73 Å². The number of nitrogens with zero attached hydrogens (tertiary/aromatic N) is 4. The van der Waals surface area contributed by atoms with Gasteiger partial charge in [0.2, 0.25) is 0 Å². The summed E-state index contributed by atoms with van der Waals surface area (Å²) in [4.78, 5) is 16.5. The fourth-order valence-corrected chi connectivity index (χ4v) is 3.70. The van der Waals surface area contributed by atoms with Crippen LogP contribution in [0.25, 0.3) is 55.8 Å². The minimum atomic E-state index is -0.397. The minimum Gasteiger partial charge on any atom is -0.472 e. The summed E-state index contributed by atoms with van der Waals surface area (Å²) in [5.74, 6) is 0.147. The molecule has 5 aromatic heterocycles. The smallest absolute Gasteiger partial charge is 0.159 e. The van der Waals surface area contributed by atoms with Gasteiger partial charge in [0.1, 0.15) is 22.7 Å². The van der Waals surface area contributed by atoms with Gasteiger partial charge in [-0.15, -0.1) is 0 Å². The van der Waals surface area contributed by atoms with E-state index in [1.54, 1.807) is 37.1 Å². The van der Waals surface area contributed by atoms with Gasteiger partial charge in [-0.05, 0) is 24.3 Å². The number of nitrogens with one attached hydrogen (secondary N) is 2. The average Bonchev–Trinajstić information content (AvgIpc) is 3.51. The Hall–Kier alpha value is -4.53. The monoisotopic (exact) mass is 411 g/mol. The molecule has 0 bridgehead atoms. The molecule has 0 amide bonds. The summed E-state index contributed by atoms with van der Waals surface area (Å²) in [6.07, 6.45) is 8.00. The molecular formula is C22H14FN7O. The number of nitrogens with two attached hydrogens (primary N) is 1. The second-order valence-electron chi connectivity index (χ2n) is 7.11. The van der Waals surface area contributed by atoms with Gasteiger partial charge in [0.05, 0.1) is 29.2 Å². The van der Waals surface area contributed by atoms with E-state index in [-0.39, 0.29) is 0 Å². The lowest BCUT2D eigenvalue weighted by Gasteiger charge is -2.05. The van der Waals surface area contributed by atoms with E-state index >= 15 is 0 Å². The number of benzene rings is 1. The number of H-pyrrole nitrogens is 2. The predicted octanol–water partition coefficient (Wildman–Crippen LogP) is 4.54. The molecule has 31 heavy (non-hydrogen) atoms. The van der Waals surface area contributed by atoms with Crippen LogP contribution in [-0.2, 0) is 0 Å². The van der Waals surface area contributed by atoms with Gasteiger partial charge in [-0.25, -0.2) is 9.37 Å². The highest BCUT2D eigenvalue weighted by Crippen LogP contribution is 2.34. The zero-order valence-electron chi connectivity index (χ0n) is 15.9. The quantitative estimate of drug-likeness (QED) is 0.393. The van der Waals surface area contributed by atoms with E-state index in [9.17, 15) is 4.39 Å². The normalized spacial score (nSPS) is 11.5. The summed E-state index contributed by atoms with van der Waals surface area (Å²) in [6, 6.07) is 8.48. The Labute approximate surface area is 174 Å². The first-order valence-electron chi connectivity index (χ1n) is 9.43. The van der Waals surface area contributed by atoms with Crippen LogP contribution in [0.1, 0.15) is 0 Å². The third kappa shape index (κ3) is 2.75. The van der Waals surface area contributed by atoms with Crippen molar-refractivity contribution in [2.75, 3.05) is 5.73 Å².